The Morgan fingerprint density at radius 1 is 1.09 bits per heavy atom. The van der Waals surface area contributed by atoms with Crippen molar-refractivity contribution in [3.63, 3.8) is 0 Å². The summed E-state index contributed by atoms with van der Waals surface area (Å²) in [6, 6.07) is 13.1. The Labute approximate surface area is 148 Å². The van der Waals surface area contributed by atoms with Crippen molar-refractivity contribution >= 4 is 37.5 Å². The number of rotatable bonds is 4. The molecule has 0 aromatic heterocycles. The van der Waals surface area contributed by atoms with Gasteiger partial charge in [-0.1, -0.05) is 40.2 Å². The van der Waals surface area contributed by atoms with Crippen LogP contribution in [0.15, 0.2) is 73.8 Å². The van der Waals surface area contributed by atoms with Crippen LogP contribution in [0.3, 0.4) is 0 Å². The SMILES string of the molecule is O=S(=O)(c1ccccc1)c1ccc(Br)c(C(O)C2=CCCS2)c1. The molecule has 0 saturated carbocycles. The Kier molecular flexibility index (Phi) is 4.96. The third kappa shape index (κ3) is 3.40. The average molecular weight is 411 g/mol. The molecule has 0 fully saturated rings. The number of hydrogen-bond donors (Lipinski definition) is 1. The second-order valence-corrected chi connectivity index (χ2v) is 9.12. The number of thioether (sulfide) groups is 1. The fourth-order valence-corrected chi connectivity index (χ4v) is 5.19. The second kappa shape index (κ2) is 6.81. The molecule has 120 valence electrons. The maximum absolute atomic E-state index is 12.7. The molecule has 0 radical (unpaired) electrons. The highest BCUT2D eigenvalue weighted by Gasteiger charge is 2.23. The van der Waals surface area contributed by atoms with Gasteiger partial charge in [0.05, 0.1) is 9.79 Å². The van der Waals surface area contributed by atoms with Crippen LogP contribution >= 0.6 is 27.7 Å². The van der Waals surface area contributed by atoms with E-state index in [9.17, 15) is 13.5 Å². The van der Waals surface area contributed by atoms with Gasteiger partial charge in [0.25, 0.3) is 0 Å². The summed E-state index contributed by atoms with van der Waals surface area (Å²) in [5.41, 5.74) is 0.572. The summed E-state index contributed by atoms with van der Waals surface area (Å²) < 4.78 is 26.1. The van der Waals surface area contributed by atoms with Gasteiger partial charge < -0.3 is 5.11 Å². The van der Waals surface area contributed by atoms with Crippen molar-refractivity contribution in [2.45, 2.75) is 22.3 Å². The number of hydrogen-bond acceptors (Lipinski definition) is 4. The maximum Gasteiger partial charge on any atom is 0.206 e. The summed E-state index contributed by atoms with van der Waals surface area (Å²) in [7, 11) is -3.59. The number of halogens is 1. The molecule has 3 nitrogen and oxygen atoms in total. The van der Waals surface area contributed by atoms with Gasteiger partial charge in [0.1, 0.15) is 6.10 Å². The van der Waals surface area contributed by atoms with Gasteiger partial charge in [0.15, 0.2) is 0 Å². The van der Waals surface area contributed by atoms with Crippen molar-refractivity contribution in [2.75, 3.05) is 5.75 Å². The minimum Gasteiger partial charge on any atom is -0.383 e. The molecule has 1 atom stereocenters. The lowest BCUT2D eigenvalue weighted by molar-refractivity contribution is 0.224. The Balaban J connectivity index is 2.04. The first kappa shape index (κ1) is 16.8. The zero-order valence-corrected chi connectivity index (χ0v) is 15.4. The van der Waals surface area contributed by atoms with Gasteiger partial charge in [-0.2, -0.15) is 0 Å². The highest BCUT2D eigenvalue weighted by molar-refractivity contribution is 9.10. The summed E-state index contributed by atoms with van der Waals surface area (Å²) in [4.78, 5) is 1.31. The zero-order valence-electron chi connectivity index (χ0n) is 12.1. The summed E-state index contributed by atoms with van der Waals surface area (Å²) in [5, 5.41) is 10.5. The Bertz CT molecular complexity index is 845. The maximum atomic E-state index is 12.7. The molecule has 0 bridgehead atoms. The van der Waals surface area contributed by atoms with Gasteiger partial charge in [-0.3, -0.25) is 0 Å². The number of allylic oxidation sites excluding steroid dienone is 1. The van der Waals surface area contributed by atoms with Gasteiger partial charge in [-0.05, 0) is 36.8 Å². The zero-order chi connectivity index (χ0) is 16.4. The monoisotopic (exact) mass is 410 g/mol. The summed E-state index contributed by atoms with van der Waals surface area (Å²) in [6.07, 6.45) is 2.12. The molecule has 1 unspecified atom stereocenters. The van der Waals surface area contributed by atoms with Crippen molar-refractivity contribution in [1.29, 1.82) is 0 Å². The first-order chi connectivity index (χ1) is 11.0. The minimum atomic E-state index is -3.59. The molecule has 23 heavy (non-hydrogen) atoms. The van der Waals surface area contributed by atoms with Gasteiger partial charge in [0, 0.05) is 20.7 Å². The van der Waals surface area contributed by atoms with E-state index < -0.39 is 15.9 Å². The van der Waals surface area contributed by atoms with E-state index in [1.165, 1.54) is 0 Å². The van der Waals surface area contributed by atoms with E-state index in [0.29, 0.717) is 10.0 Å². The summed E-state index contributed by atoms with van der Waals surface area (Å²) in [5.74, 6) is 0.950. The first-order valence-corrected chi connectivity index (χ1v) is 10.4. The molecule has 1 N–H and O–H groups in total. The molecular weight excluding hydrogens is 396 g/mol. The van der Waals surface area contributed by atoms with Crippen LogP contribution in [-0.2, 0) is 9.84 Å². The van der Waals surface area contributed by atoms with E-state index in [0.717, 1.165) is 17.1 Å². The van der Waals surface area contributed by atoms with Gasteiger partial charge >= 0.3 is 0 Å². The first-order valence-electron chi connectivity index (χ1n) is 7.10. The van der Waals surface area contributed by atoms with Crippen LogP contribution in [0.5, 0.6) is 0 Å². The predicted octanol–water partition coefficient (Wildman–Crippen LogP) is 4.34. The highest BCUT2D eigenvalue weighted by atomic mass is 79.9. The molecule has 1 aliphatic heterocycles. The van der Waals surface area contributed by atoms with Gasteiger partial charge in [-0.15, -0.1) is 11.8 Å². The molecule has 2 aromatic rings. The second-order valence-electron chi connectivity index (χ2n) is 5.15. The molecule has 2 aromatic carbocycles. The molecule has 0 amide bonds. The van der Waals surface area contributed by atoms with Gasteiger partial charge in [-0.25, -0.2) is 8.42 Å². The number of sulfone groups is 1. The van der Waals surface area contributed by atoms with Crippen LogP contribution in [0.1, 0.15) is 18.1 Å². The minimum absolute atomic E-state index is 0.185. The van der Waals surface area contributed by atoms with Crippen molar-refractivity contribution in [3.8, 4) is 0 Å². The van der Waals surface area contributed by atoms with E-state index in [4.69, 9.17) is 0 Å². The van der Waals surface area contributed by atoms with Crippen LogP contribution in [0.25, 0.3) is 0 Å². The van der Waals surface area contributed by atoms with E-state index in [2.05, 4.69) is 15.9 Å². The van der Waals surface area contributed by atoms with Gasteiger partial charge in [0.2, 0.25) is 9.84 Å². The molecule has 3 rings (SSSR count). The number of aliphatic hydroxyl groups is 1. The van der Waals surface area contributed by atoms with E-state index in [1.54, 1.807) is 60.3 Å². The molecular formula is C17H15BrO3S2. The number of benzene rings is 2. The lowest BCUT2D eigenvalue weighted by Gasteiger charge is -2.15. The average Bonchev–Trinajstić information content (AvgIpc) is 3.10. The Hall–Kier alpha value is -1.08. The predicted molar refractivity (Wildman–Crippen MR) is 96.2 cm³/mol. The third-order valence-electron chi connectivity index (χ3n) is 3.63. The van der Waals surface area contributed by atoms with E-state index >= 15 is 0 Å². The topological polar surface area (TPSA) is 54.4 Å². The Morgan fingerprint density at radius 2 is 1.83 bits per heavy atom. The number of aliphatic hydroxyl groups excluding tert-OH is 1. The molecule has 0 aliphatic carbocycles. The van der Waals surface area contributed by atoms with Crippen molar-refractivity contribution in [3.05, 3.63) is 69.5 Å². The van der Waals surface area contributed by atoms with E-state index in [-0.39, 0.29) is 9.79 Å². The van der Waals surface area contributed by atoms with Crippen LogP contribution in [0.2, 0.25) is 0 Å². The third-order valence-corrected chi connectivity index (χ3v) is 7.28. The summed E-state index contributed by atoms with van der Waals surface area (Å²) in [6.45, 7) is 0. The lowest BCUT2D eigenvalue weighted by Crippen LogP contribution is -2.05. The normalized spacial score (nSPS) is 16.2. The molecule has 1 aliphatic rings. The van der Waals surface area contributed by atoms with Crippen molar-refractivity contribution < 1.29 is 13.5 Å². The van der Waals surface area contributed by atoms with Crippen molar-refractivity contribution in [2.24, 2.45) is 0 Å². The lowest BCUT2D eigenvalue weighted by atomic mass is 10.1. The molecule has 0 saturated heterocycles. The fourth-order valence-electron chi connectivity index (χ4n) is 2.41. The summed E-state index contributed by atoms with van der Waals surface area (Å²) >= 11 is 5.01. The highest BCUT2D eigenvalue weighted by Crippen LogP contribution is 2.39. The largest absolute Gasteiger partial charge is 0.383 e. The molecule has 0 spiro atoms. The fraction of sp³-hybridized carbons (Fsp3) is 0.176. The van der Waals surface area contributed by atoms with Crippen LogP contribution in [-0.4, -0.2) is 19.3 Å². The molecule has 6 heteroatoms. The van der Waals surface area contributed by atoms with Crippen LogP contribution < -0.4 is 0 Å². The van der Waals surface area contributed by atoms with Crippen molar-refractivity contribution in [1.82, 2.24) is 0 Å². The quantitative estimate of drug-likeness (QED) is 0.814. The van der Waals surface area contributed by atoms with Crippen LogP contribution in [0.4, 0.5) is 0 Å². The van der Waals surface area contributed by atoms with E-state index in [1.807, 2.05) is 6.08 Å². The smallest absolute Gasteiger partial charge is 0.206 e. The standard InChI is InChI=1S/C17H15BrO3S2/c18-15-9-8-13(23(20,21)12-5-2-1-3-6-12)11-14(15)17(19)16-7-4-10-22-16/h1-3,5-9,11,17,19H,4,10H2. The Morgan fingerprint density at radius 3 is 2.48 bits per heavy atom. The molecule has 1 heterocycles. The van der Waals surface area contributed by atoms with Crippen LogP contribution in [0, 0.1) is 0 Å².